The van der Waals surface area contributed by atoms with Gasteiger partial charge < -0.3 is 10.2 Å². The zero-order valence-corrected chi connectivity index (χ0v) is 15.7. The number of nitrogens with one attached hydrogen (secondary N) is 1. The fourth-order valence-electron chi connectivity index (χ4n) is 4.33. The molecule has 2 aromatic heterocycles. The molecule has 0 aliphatic carbocycles. The maximum atomic E-state index is 13.7. The molecule has 0 radical (unpaired) electrons. The fraction of sp³-hybridized carbons (Fsp3) is 0.300. The number of amides is 1. The van der Waals surface area contributed by atoms with Crippen molar-refractivity contribution in [2.24, 2.45) is 0 Å². The van der Waals surface area contributed by atoms with Crippen LogP contribution in [0.3, 0.4) is 0 Å². The van der Waals surface area contributed by atoms with Crippen LogP contribution < -0.4 is 10.2 Å². The van der Waals surface area contributed by atoms with Gasteiger partial charge in [0.05, 0.1) is 6.20 Å². The minimum absolute atomic E-state index is 0.0279. The van der Waals surface area contributed by atoms with Gasteiger partial charge in [0.25, 0.3) is 0 Å². The summed E-state index contributed by atoms with van der Waals surface area (Å²) in [6.07, 6.45) is 7.07. The lowest BCUT2D eigenvalue weighted by Crippen LogP contribution is -2.56. The number of carbonyl (C=O) groups is 1. The van der Waals surface area contributed by atoms with E-state index in [0.29, 0.717) is 29.7 Å². The zero-order valence-electron chi connectivity index (χ0n) is 15.7. The zero-order chi connectivity index (χ0) is 20.2. The summed E-state index contributed by atoms with van der Waals surface area (Å²) in [5, 5.41) is 2.93. The van der Waals surface area contributed by atoms with Crippen LogP contribution in [0.4, 0.5) is 20.3 Å². The molecule has 0 unspecified atom stereocenters. The van der Waals surface area contributed by atoms with Gasteiger partial charge in [0.2, 0.25) is 11.9 Å². The third-order valence-corrected chi connectivity index (χ3v) is 5.73. The van der Waals surface area contributed by atoms with Crippen molar-refractivity contribution in [3.05, 3.63) is 48.4 Å². The molecule has 2 aliphatic rings. The lowest BCUT2D eigenvalue weighted by atomic mass is 9.90. The highest BCUT2D eigenvalue weighted by molar-refractivity contribution is 6.06. The highest BCUT2D eigenvalue weighted by Crippen LogP contribution is 2.43. The Morgan fingerprint density at radius 2 is 2.00 bits per heavy atom. The van der Waals surface area contributed by atoms with Gasteiger partial charge in [-0.1, -0.05) is 6.92 Å². The number of nitrogens with zero attached hydrogens (tertiary/aromatic N) is 5. The van der Waals surface area contributed by atoms with Gasteiger partial charge in [-0.05, 0) is 31.4 Å². The molecule has 0 bridgehead atoms. The van der Waals surface area contributed by atoms with Crippen molar-refractivity contribution in [2.45, 2.75) is 31.7 Å². The van der Waals surface area contributed by atoms with Crippen molar-refractivity contribution in [1.29, 1.82) is 0 Å². The van der Waals surface area contributed by atoms with E-state index in [4.69, 9.17) is 4.98 Å². The molecule has 148 valence electrons. The lowest BCUT2D eigenvalue weighted by Gasteiger charge is -2.41. The van der Waals surface area contributed by atoms with Crippen LogP contribution in [-0.2, 0) is 4.79 Å². The summed E-state index contributed by atoms with van der Waals surface area (Å²) in [5.74, 6) is -0.110. The summed E-state index contributed by atoms with van der Waals surface area (Å²) in [4.78, 5) is 28.0. The Morgan fingerprint density at radius 1 is 1.21 bits per heavy atom. The SMILES string of the molecule is CC[C@@]12CCCN1c1nc(-n3ccnc3-c3cc(F)cc(F)c3)ncc1NC2=O. The maximum Gasteiger partial charge on any atom is 0.250 e. The Morgan fingerprint density at radius 3 is 2.76 bits per heavy atom. The predicted octanol–water partition coefficient (Wildman–Crippen LogP) is 3.31. The molecule has 1 amide bonds. The number of rotatable bonds is 3. The second kappa shape index (κ2) is 6.33. The number of benzene rings is 1. The second-order valence-corrected chi connectivity index (χ2v) is 7.28. The number of halogens is 2. The van der Waals surface area contributed by atoms with E-state index in [1.807, 2.05) is 11.8 Å². The summed E-state index contributed by atoms with van der Waals surface area (Å²) in [5.41, 5.74) is 0.247. The van der Waals surface area contributed by atoms with Crippen molar-refractivity contribution >= 4 is 17.4 Å². The summed E-state index contributed by atoms with van der Waals surface area (Å²) >= 11 is 0. The van der Waals surface area contributed by atoms with Crippen LogP contribution in [-0.4, -0.2) is 37.5 Å². The molecule has 7 nitrogen and oxygen atoms in total. The second-order valence-electron chi connectivity index (χ2n) is 7.28. The van der Waals surface area contributed by atoms with E-state index in [1.165, 1.54) is 18.3 Å². The summed E-state index contributed by atoms with van der Waals surface area (Å²) < 4.78 is 29.0. The number of hydrogen-bond acceptors (Lipinski definition) is 5. The monoisotopic (exact) mass is 396 g/mol. The number of carbonyl (C=O) groups excluding carboxylic acids is 1. The molecule has 5 rings (SSSR count). The molecule has 1 saturated heterocycles. The highest BCUT2D eigenvalue weighted by Gasteiger charge is 2.50. The number of hydrogen-bond donors (Lipinski definition) is 1. The van der Waals surface area contributed by atoms with Gasteiger partial charge in [-0.15, -0.1) is 0 Å². The molecule has 1 atom stereocenters. The molecule has 1 aromatic carbocycles. The Balaban J connectivity index is 1.62. The fourth-order valence-corrected chi connectivity index (χ4v) is 4.33. The topological polar surface area (TPSA) is 75.9 Å². The summed E-state index contributed by atoms with van der Waals surface area (Å²) in [6.45, 7) is 2.73. The van der Waals surface area contributed by atoms with Crippen LogP contribution in [0.5, 0.6) is 0 Å². The largest absolute Gasteiger partial charge is 0.340 e. The smallest absolute Gasteiger partial charge is 0.250 e. The first-order valence-electron chi connectivity index (χ1n) is 9.48. The predicted molar refractivity (Wildman–Crippen MR) is 103 cm³/mol. The molecule has 2 aliphatic heterocycles. The first kappa shape index (κ1) is 17.7. The first-order valence-corrected chi connectivity index (χ1v) is 9.48. The van der Waals surface area contributed by atoms with Crippen LogP contribution in [0.15, 0.2) is 36.8 Å². The summed E-state index contributed by atoms with van der Waals surface area (Å²) in [6, 6.07) is 3.23. The van der Waals surface area contributed by atoms with E-state index in [2.05, 4.69) is 15.3 Å². The quantitative estimate of drug-likeness (QED) is 0.735. The molecule has 0 saturated carbocycles. The summed E-state index contributed by atoms with van der Waals surface area (Å²) in [7, 11) is 0. The average Bonchev–Trinajstić information content (AvgIpc) is 3.35. The Hall–Kier alpha value is -3.36. The number of fused-ring (bicyclic) bond motifs is 3. The molecule has 4 heterocycles. The third kappa shape index (κ3) is 2.60. The van der Waals surface area contributed by atoms with Crippen LogP contribution in [0.1, 0.15) is 26.2 Å². The van der Waals surface area contributed by atoms with Crippen LogP contribution in [0, 0.1) is 11.6 Å². The van der Waals surface area contributed by atoms with E-state index in [1.54, 1.807) is 17.0 Å². The molecule has 0 spiro atoms. The average molecular weight is 396 g/mol. The van der Waals surface area contributed by atoms with Gasteiger partial charge >= 0.3 is 0 Å². The lowest BCUT2D eigenvalue weighted by molar-refractivity contribution is -0.121. The number of imidazole rings is 1. The van der Waals surface area contributed by atoms with E-state index >= 15 is 0 Å². The van der Waals surface area contributed by atoms with E-state index in [0.717, 1.165) is 25.5 Å². The molecule has 1 N–H and O–H groups in total. The van der Waals surface area contributed by atoms with Crippen molar-refractivity contribution in [1.82, 2.24) is 19.5 Å². The van der Waals surface area contributed by atoms with Crippen LogP contribution in [0.2, 0.25) is 0 Å². The third-order valence-electron chi connectivity index (χ3n) is 5.73. The van der Waals surface area contributed by atoms with Crippen molar-refractivity contribution in [3.63, 3.8) is 0 Å². The molecule has 9 heteroatoms. The molecule has 3 aromatic rings. The van der Waals surface area contributed by atoms with Gasteiger partial charge in [-0.2, -0.15) is 4.98 Å². The van der Waals surface area contributed by atoms with Crippen LogP contribution in [0.25, 0.3) is 17.3 Å². The molecule has 29 heavy (non-hydrogen) atoms. The minimum atomic E-state index is -0.687. The number of anilines is 2. The maximum absolute atomic E-state index is 13.7. The van der Waals surface area contributed by atoms with Gasteiger partial charge in [0, 0.05) is 30.6 Å². The number of aromatic nitrogens is 4. The van der Waals surface area contributed by atoms with Crippen molar-refractivity contribution < 1.29 is 13.6 Å². The van der Waals surface area contributed by atoms with E-state index < -0.39 is 17.2 Å². The molecular weight excluding hydrogens is 378 g/mol. The van der Waals surface area contributed by atoms with Gasteiger partial charge in [-0.3, -0.25) is 9.36 Å². The van der Waals surface area contributed by atoms with Crippen LogP contribution >= 0.6 is 0 Å². The normalized spacial score (nSPS) is 20.4. The minimum Gasteiger partial charge on any atom is -0.340 e. The van der Waals surface area contributed by atoms with E-state index in [9.17, 15) is 13.6 Å². The van der Waals surface area contributed by atoms with Crippen molar-refractivity contribution in [2.75, 3.05) is 16.8 Å². The van der Waals surface area contributed by atoms with Gasteiger partial charge in [-0.25, -0.2) is 18.7 Å². The Bertz CT molecular complexity index is 1110. The Kier molecular flexibility index (Phi) is 3.87. The van der Waals surface area contributed by atoms with E-state index in [-0.39, 0.29) is 11.5 Å². The van der Waals surface area contributed by atoms with Gasteiger partial charge in [0.15, 0.2) is 5.82 Å². The molecule has 1 fully saturated rings. The first-order chi connectivity index (χ1) is 14.0. The van der Waals surface area contributed by atoms with Gasteiger partial charge in [0.1, 0.15) is 28.7 Å². The standard InChI is InChI=1S/C20H18F2N6O/c1-2-20-4-3-6-28(20)17-15(25-18(20)29)11-24-19(26-17)27-7-5-23-16(27)12-8-13(21)10-14(22)9-12/h5,7-11H,2-4,6H2,1H3,(H,25,29)/t20-/m0/s1. The highest BCUT2D eigenvalue weighted by atomic mass is 19.1. The Labute approximate surface area is 165 Å². The van der Waals surface area contributed by atoms with Crippen molar-refractivity contribution in [3.8, 4) is 17.3 Å². The molecular formula is C20H18F2N6O.